The first-order valence-electron chi connectivity index (χ1n) is 7.20. The molecule has 0 spiro atoms. The third-order valence-electron chi connectivity index (χ3n) is 3.48. The maximum atomic E-state index is 11.7. The predicted molar refractivity (Wildman–Crippen MR) is 79.0 cm³/mol. The van der Waals surface area contributed by atoms with Crippen molar-refractivity contribution in [1.82, 2.24) is 9.88 Å². The molecule has 1 heterocycles. The lowest BCUT2D eigenvalue weighted by molar-refractivity contribution is 0.0658. The van der Waals surface area contributed by atoms with Gasteiger partial charge >= 0.3 is 0 Å². The molecule has 110 valence electrons. The van der Waals surface area contributed by atoms with Gasteiger partial charge in [0.2, 0.25) is 0 Å². The molecule has 1 aromatic heterocycles. The molecule has 5 heteroatoms. The van der Waals surface area contributed by atoms with E-state index in [0.29, 0.717) is 18.3 Å². The lowest BCUT2D eigenvalue weighted by Crippen LogP contribution is -2.22. The van der Waals surface area contributed by atoms with Crippen molar-refractivity contribution in [3.8, 4) is 0 Å². The minimum Gasteiger partial charge on any atom is -0.376 e. The van der Waals surface area contributed by atoms with Gasteiger partial charge < -0.3 is 15.0 Å². The molecule has 0 aromatic carbocycles. The van der Waals surface area contributed by atoms with Crippen LogP contribution in [-0.2, 0) is 4.74 Å². The van der Waals surface area contributed by atoms with Gasteiger partial charge in [-0.1, -0.05) is 12.8 Å². The van der Waals surface area contributed by atoms with Crippen molar-refractivity contribution in [2.45, 2.75) is 31.8 Å². The van der Waals surface area contributed by atoms with Crippen molar-refractivity contribution in [3.05, 3.63) is 23.9 Å². The number of aromatic nitrogens is 1. The van der Waals surface area contributed by atoms with Crippen molar-refractivity contribution in [2.75, 3.05) is 32.6 Å². The van der Waals surface area contributed by atoms with Crippen LogP contribution < -0.4 is 5.32 Å². The molecule has 1 aliphatic carbocycles. The number of carbonyl (C=O) groups is 1. The minimum atomic E-state index is -0.0337. The molecule has 20 heavy (non-hydrogen) atoms. The topological polar surface area (TPSA) is 54.5 Å². The van der Waals surface area contributed by atoms with Crippen LogP contribution in [0.5, 0.6) is 0 Å². The summed E-state index contributed by atoms with van der Waals surface area (Å²) in [6.45, 7) is 1.44. The highest BCUT2D eigenvalue weighted by Gasteiger charge is 2.14. The van der Waals surface area contributed by atoms with Crippen LogP contribution in [0.4, 0.5) is 5.82 Å². The second kappa shape index (κ2) is 7.24. The van der Waals surface area contributed by atoms with E-state index in [0.717, 1.165) is 12.4 Å². The lowest BCUT2D eigenvalue weighted by atomic mass is 10.2. The molecule has 0 unspecified atom stereocenters. The Morgan fingerprint density at radius 1 is 1.40 bits per heavy atom. The molecule has 0 aliphatic heterocycles. The molecule has 5 nitrogen and oxygen atoms in total. The summed E-state index contributed by atoms with van der Waals surface area (Å²) in [5.41, 5.74) is 0.600. The lowest BCUT2D eigenvalue weighted by Gasteiger charge is -2.12. The van der Waals surface area contributed by atoms with Gasteiger partial charge in [-0.3, -0.25) is 4.79 Å². The van der Waals surface area contributed by atoms with Gasteiger partial charge in [0.05, 0.1) is 18.3 Å². The van der Waals surface area contributed by atoms with Crippen molar-refractivity contribution in [2.24, 2.45) is 0 Å². The van der Waals surface area contributed by atoms with Gasteiger partial charge in [-0.2, -0.15) is 0 Å². The van der Waals surface area contributed by atoms with E-state index < -0.39 is 0 Å². The molecule has 1 amide bonds. The largest absolute Gasteiger partial charge is 0.376 e. The van der Waals surface area contributed by atoms with Crippen LogP contribution >= 0.6 is 0 Å². The van der Waals surface area contributed by atoms with Crippen molar-refractivity contribution < 1.29 is 9.53 Å². The zero-order chi connectivity index (χ0) is 14.4. The number of hydrogen-bond donors (Lipinski definition) is 1. The quantitative estimate of drug-likeness (QED) is 0.810. The predicted octanol–water partition coefficient (Wildman–Crippen LogP) is 2.15. The molecule has 0 atom stereocenters. The summed E-state index contributed by atoms with van der Waals surface area (Å²) in [7, 11) is 3.46. The van der Waals surface area contributed by atoms with E-state index in [1.165, 1.54) is 25.7 Å². The number of anilines is 1. The van der Waals surface area contributed by atoms with Crippen LogP contribution in [0.15, 0.2) is 18.3 Å². The van der Waals surface area contributed by atoms with Gasteiger partial charge in [0.1, 0.15) is 5.82 Å². The molecule has 0 bridgehead atoms. The summed E-state index contributed by atoms with van der Waals surface area (Å²) in [4.78, 5) is 17.5. The van der Waals surface area contributed by atoms with E-state index in [1.807, 2.05) is 6.07 Å². The van der Waals surface area contributed by atoms with E-state index in [-0.39, 0.29) is 5.91 Å². The molecule has 1 fully saturated rings. The van der Waals surface area contributed by atoms with E-state index in [9.17, 15) is 4.79 Å². The maximum absolute atomic E-state index is 11.7. The average molecular weight is 277 g/mol. The summed E-state index contributed by atoms with van der Waals surface area (Å²) in [5.74, 6) is 0.740. The minimum absolute atomic E-state index is 0.0337. The number of rotatable bonds is 6. The van der Waals surface area contributed by atoms with Gasteiger partial charge in [0.25, 0.3) is 5.91 Å². The Labute approximate surface area is 120 Å². The standard InChI is InChI=1S/C15H23N3O2/c1-18(2)15(19)12-7-8-14(17-11-12)16-9-10-20-13-5-3-4-6-13/h7-8,11,13H,3-6,9-10H2,1-2H3,(H,16,17). The van der Waals surface area contributed by atoms with Crippen LogP contribution in [0.1, 0.15) is 36.0 Å². The fraction of sp³-hybridized carbons (Fsp3) is 0.600. The highest BCUT2D eigenvalue weighted by molar-refractivity contribution is 5.93. The van der Waals surface area contributed by atoms with Gasteiger partial charge in [-0.15, -0.1) is 0 Å². The van der Waals surface area contributed by atoms with Gasteiger partial charge in [-0.25, -0.2) is 4.98 Å². The first-order valence-corrected chi connectivity index (χ1v) is 7.20. The molecule has 1 saturated carbocycles. The Morgan fingerprint density at radius 2 is 2.15 bits per heavy atom. The van der Waals surface area contributed by atoms with Crippen LogP contribution in [-0.4, -0.2) is 49.1 Å². The second-order valence-electron chi connectivity index (χ2n) is 5.34. The number of nitrogens with one attached hydrogen (secondary N) is 1. The fourth-order valence-electron chi connectivity index (χ4n) is 2.34. The number of hydrogen-bond acceptors (Lipinski definition) is 4. The maximum Gasteiger partial charge on any atom is 0.254 e. The molecule has 2 rings (SSSR count). The normalized spacial score (nSPS) is 15.3. The summed E-state index contributed by atoms with van der Waals surface area (Å²) in [6.07, 6.45) is 7.02. The molecule has 1 N–H and O–H groups in total. The molecule has 1 aromatic rings. The third-order valence-corrected chi connectivity index (χ3v) is 3.48. The third kappa shape index (κ3) is 4.20. The molecular formula is C15H23N3O2. The van der Waals surface area contributed by atoms with Gasteiger partial charge in [-0.05, 0) is 25.0 Å². The number of carbonyl (C=O) groups excluding carboxylic acids is 1. The van der Waals surface area contributed by atoms with E-state index >= 15 is 0 Å². The zero-order valence-corrected chi connectivity index (χ0v) is 12.3. The first-order chi connectivity index (χ1) is 9.66. The van der Waals surface area contributed by atoms with Gasteiger partial charge in [0.15, 0.2) is 0 Å². The summed E-state index contributed by atoms with van der Waals surface area (Å²) in [6, 6.07) is 3.61. The zero-order valence-electron chi connectivity index (χ0n) is 12.3. The summed E-state index contributed by atoms with van der Waals surface area (Å²) in [5, 5.41) is 3.20. The molecular weight excluding hydrogens is 254 g/mol. The van der Waals surface area contributed by atoms with E-state index in [2.05, 4.69) is 10.3 Å². The highest BCUT2D eigenvalue weighted by atomic mass is 16.5. The average Bonchev–Trinajstić information content (AvgIpc) is 2.96. The van der Waals surface area contributed by atoms with Crippen molar-refractivity contribution in [1.29, 1.82) is 0 Å². The Balaban J connectivity index is 1.72. The number of ether oxygens (including phenoxy) is 1. The van der Waals surface area contributed by atoms with Crippen molar-refractivity contribution >= 4 is 11.7 Å². The number of nitrogens with zero attached hydrogens (tertiary/aromatic N) is 2. The first kappa shape index (κ1) is 14.8. The SMILES string of the molecule is CN(C)C(=O)c1ccc(NCCOC2CCCC2)nc1. The molecule has 1 aliphatic rings. The summed E-state index contributed by atoms with van der Waals surface area (Å²) < 4.78 is 5.77. The highest BCUT2D eigenvalue weighted by Crippen LogP contribution is 2.20. The monoisotopic (exact) mass is 277 g/mol. The fourth-order valence-corrected chi connectivity index (χ4v) is 2.34. The number of pyridine rings is 1. The second-order valence-corrected chi connectivity index (χ2v) is 5.34. The smallest absolute Gasteiger partial charge is 0.254 e. The Kier molecular flexibility index (Phi) is 5.35. The van der Waals surface area contributed by atoms with E-state index in [4.69, 9.17) is 4.74 Å². The van der Waals surface area contributed by atoms with Crippen LogP contribution in [0.25, 0.3) is 0 Å². The van der Waals surface area contributed by atoms with Crippen LogP contribution in [0.3, 0.4) is 0 Å². The Bertz CT molecular complexity index is 425. The van der Waals surface area contributed by atoms with Crippen LogP contribution in [0, 0.1) is 0 Å². The molecule has 0 saturated heterocycles. The van der Waals surface area contributed by atoms with Gasteiger partial charge in [0, 0.05) is 26.8 Å². The van der Waals surface area contributed by atoms with Crippen LogP contribution in [0.2, 0.25) is 0 Å². The molecule has 0 radical (unpaired) electrons. The summed E-state index contributed by atoms with van der Waals surface area (Å²) >= 11 is 0. The van der Waals surface area contributed by atoms with E-state index in [1.54, 1.807) is 31.3 Å². The Hall–Kier alpha value is -1.62. The van der Waals surface area contributed by atoms with Crippen molar-refractivity contribution in [3.63, 3.8) is 0 Å². The number of amides is 1. The Morgan fingerprint density at radius 3 is 2.75 bits per heavy atom.